The highest BCUT2D eigenvalue weighted by Crippen LogP contribution is 2.47. The van der Waals surface area contributed by atoms with Crippen molar-refractivity contribution in [3.8, 4) is 0 Å². The highest BCUT2D eigenvalue weighted by molar-refractivity contribution is 5.80. The lowest BCUT2D eigenvalue weighted by molar-refractivity contribution is -0.130. The Kier molecular flexibility index (Phi) is 3.53. The molecule has 0 radical (unpaired) electrons. The minimum absolute atomic E-state index is 0.0472. The first-order valence-electron chi connectivity index (χ1n) is 5.45. The zero-order chi connectivity index (χ0) is 10.8. The van der Waals surface area contributed by atoms with Crippen molar-refractivity contribution in [3.63, 3.8) is 0 Å². The van der Waals surface area contributed by atoms with E-state index >= 15 is 0 Å². The van der Waals surface area contributed by atoms with Crippen LogP contribution in [0.1, 0.15) is 33.1 Å². The summed E-state index contributed by atoms with van der Waals surface area (Å²) in [6.07, 6.45) is 3.86. The van der Waals surface area contributed by atoms with Crippen molar-refractivity contribution in [2.45, 2.75) is 39.2 Å². The number of hydrogen-bond donors (Lipinski definition) is 1. The van der Waals surface area contributed by atoms with E-state index in [9.17, 15) is 4.79 Å². The number of likely N-dealkylation sites (N-methyl/N-ethyl adjacent to an activating group) is 1. The summed E-state index contributed by atoms with van der Waals surface area (Å²) < 4.78 is 0. The quantitative estimate of drug-likeness (QED) is 0.721. The van der Waals surface area contributed by atoms with Crippen LogP contribution in [0, 0.1) is 5.41 Å². The fraction of sp³-hybridized carbons (Fsp3) is 0.909. The van der Waals surface area contributed by atoms with Crippen LogP contribution < -0.4 is 5.32 Å². The van der Waals surface area contributed by atoms with Gasteiger partial charge in [-0.05, 0) is 31.6 Å². The Hall–Kier alpha value is -0.570. The summed E-state index contributed by atoms with van der Waals surface area (Å²) >= 11 is 0. The van der Waals surface area contributed by atoms with Gasteiger partial charge in [-0.2, -0.15) is 0 Å². The maximum absolute atomic E-state index is 11.5. The van der Waals surface area contributed by atoms with E-state index in [4.69, 9.17) is 0 Å². The summed E-state index contributed by atoms with van der Waals surface area (Å²) in [5.41, 5.74) is 0.515. The van der Waals surface area contributed by atoms with Crippen molar-refractivity contribution < 1.29 is 4.79 Å². The second-order valence-corrected chi connectivity index (χ2v) is 4.69. The summed E-state index contributed by atoms with van der Waals surface area (Å²) in [6, 6.07) is -0.0472. The van der Waals surface area contributed by atoms with Crippen LogP contribution >= 0.6 is 0 Å². The largest absolute Gasteiger partial charge is 0.347 e. The van der Waals surface area contributed by atoms with E-state index in [0.29, 0.717) is 5.41 Å². The van der Waals surface area contributed by atoms with Crippen LogP contribution in [0.5, 0.6) is 0 Å². The van der Waals surface area contributed by atoms with E-state index < -0.39 is 0 Å². The van der Waals surface area contributed by atoms with Gasteiger partial charge in [0.25, 0.3) is 0 Å². The molecular formula is C11H22N2O. The summed E-state index contributed by atoms with van der Waals surface area (Å²) in [6.45, 7) is 5.16. The third-order valence-electron chi connectivity index (χ3n) is 3.30. The lowest BCUT2D eigenvalue weighted by Gasteiger charge is -2.21. The second-order valence-electron chi connectivity index (χ2n) is 4.69. The fourth-order valence-corrected chi connectivity index (χ4v) is 1.68. The maximum Gasteiger partial charge on any atom is 0.238 e. The van der Waals surface area contributed by atoms with E-state index in [2.05, 4.69) is 12.2 Å². The minimum atomic E-state index is -0.0472. The van der Waals surface area contributed by atoms with Crippen LogP contribution in [0.15, 0.2) is 0 Å². The van der Waals surface area contributed by atoms with E-state index in [1.807, 2.05) is 6.92 Å². The molecule has 1 atom stereocenters. The molecule has 1 N–H and O–H groups in total. The molecule has 1 rings (SSSR count). The van der Waals surface area contributed by atoms with Gasteiger partial charge in [0.15, 0.2) is 0 Å². The molecule has 3 heteroatoms. The van der Waals surface area contributed by atoms with Gasteiger partial charge in [0.2, 0.25) is 5.91 Å². The molecular weight excluding hydrogens is 176 g/mol. The highest BCUT2D eigenvalue weighted by Gasteiger charge is 2.40. The normalized spacial score (nSPS) is 20.3. The molecule has 0 saturated heterocycles. The summed E-state index contributed by atoms with van der Waals surface area (Å²) in [4.78, 5) is 13.2. The van der Waals surface area contributed by atoms with Gasteiger partial charge in [-0.15, -0.1) is 0 Å². The van der Waals surface area contributed by atoms with Crippen molar-refractivity contribution in [1.29, 1.82) is 0 Å². The Morgan fingerprint density at radius 3 is 2.43 bits per heavy atom. The monoisotopic (exact) mass is 198 g/mol. The van der Waals surface area contributed by atoms with Crippen LogP contribution in [-0.4, -0.2) is 37.5 Å². The van der Waals surface area contributed by atoms with Crippen molar-refractivity contribution in [2.75, 3.05) is 20.6 Å². The fourth-order valence-electron chi connectivity index (χ4n) is 1.68. The first kappa shape index (κ1) is 11.5. The highest BCUT2D eigenvalue weighted by atomic mass is 16.2. The van der Waals surface area contributed by atoms with Gasteiger partial charge in [0.05, 0.1) is 6.04 Å². The molecule has 0 aromatic carbocycles. The molecule has 0 aromatic heterocycles. The Balaban J connectivity index is 2.27. The molecule has 1 aliphatic rings. The number of amides is 1. The number of rotatable bonds is 5. The van der Waals surface area contributed by atoms with Crippen LogP contribution in [0.4, 0.5) is 0 Å². The maximum atomic E-state index is 11.5. The number of carbonyl (C=O) groups excluding carboxylic acids is 1. The lowest BCUT2D eigenvalue weighted by atomic mass is 10.0. The van der Waals surface area contributed by atoms with Gasteiger partial charge in [-0.3, -0.25) is 4.79 Å². The number of nitrogens with zero attached hydrogens (tertiary/aromatic N) is 1. The average Bonchev–Trinajstić information content (AvgIpc) is 2.93. The zero-order valence-corrected chi connectivity index (χ0v) is 9.76. The van der Waals surface area contributed by atoms with Gasteiger partial charge >= 0.3 is 0 Å². The standard InChI is InChI=1S/C11H22N2O/c1-5-11(6-7-11)8-12-9(2)10(14)13(3)4/h9,12H,5-8H2,1-4H3. The lowest BCUT2D eigenvalue weighted by Crippen LogP contribution is -2.43. The van der Waals surface area contributed by atoms with Crippen LogP contribution in [0.2, 0.25) is 0 Å². The molecule has 3 nitrogen and oxygen atoms in total. The van der Waals surface area contributed by atoms with Crippen molar-refractivity contribution >= 4 is 5.91 Å². The number of carbonyl (C=O) groups is 1. The summed E-state index contributed by atoms with van der Waals surface area (Å²) in [5.74, 6) is 0.164. The number of hydrogen-bond acceptors (Lipinski definition) is 2. The zero-order valence-electron chi connectivity index (χ0n) is 9.76. The van der Waals surface area contributed by atoms with Crippen LogP contribution in [0.3, 0.4) is 0 Å². The topological polar surface area (TPSA) is 32.3 Å². The first-order valence-corrected chi connectivity index (χ1v) is 5.45. The van der Waals surface area contributed by atoms with Crippen LogP contribution in [-0.2, 0) is 4.79 Å². The Morgan fingerprint density at radius 2 is 2.07 bits per heavy atom. The van der Waals surface area contributed by atoms with E-state index in [0.717, 1.165) is 6.54 Å². The van der Waals surface area contributed by atoms with E-state index in [1.54, 1.807) is 19.0 Å². The predicted octanol–water partition coefficient (Wildman–Crippen LogP) is 1.24. The molecule has 0 aromatic rings. The summed E-state index contributed by atoms with van der Waals surface area (Å²) in [7, 11) is 3.60. The first-order chi connectivity index (χ1) is 6.51. The molecule has 0 heterocycles. The van der Waals surface area contributed by atoms with Gasteiger partial charge < -0.3 is 10.2 Å². The van der Waals surface area contributed by atoms with Crippen molar-refractivity contribution in [1.82, 2.24) is 10.2 Å². The molecule has 1 aliphatic carbocycles. The van der Waals surface area contributed by atoms with Crippen molar-refractivity contribution in [3.05, 3.63) is 0 Å². The molecule has 1 unspecified atom stereocenters. The third kappa shape index (κ3) is 2.71. The van der Waals surface area contributed by atoms with Gasteiger partial charge in [-0.1, -0.05) is 6.92 Å². The van der Waals surface area contributed by atoms with E-state index in [-0.39, 0.29) is 11.9 Å². The smallest absolute Gasteiger partial charge is 0.238 e. The second kappa shape index (κ2) is 4.30. The molecule has 1 saturated carbocycles. The predicted molar refractivity (Wildman–Crippen MR) is 58.1 cm³/mol. The molecule has 14 heavy (non-hydrogen) atoms. The number of nitrogens with one attached hydrogen (secondary N) is 1. The minimum Gasteiger partial charge on any atom is -0.347 e. The molecule has 0 aliphatic heterocycles. The molecule has 0 spiro atoms. The molecule has 1 fully saturated rings. The summed E-state index contributed by atoms with van der Waals surface area (Å²) in [5, 5.41) is 3.33. The SMILES string of the molecule is CCC1(CNC(C)C(=O)N(C)C)CC1. The Labute approximate surface area is 86.9 Å². The van der Waals surface area contributed by atoms with Crippen molar-refractivity contribution in [2.24, 2.45) is 5.41 Å². The molecule has 82 valence electrons. The van der Waals surface area contributed by atoms with Gasteiger partial charge in [0.1, 0.15) is 0 Å². The van der Waals surface area contributed by atoms with E-state index in [1.165, 1.54) is 19.3 Å². The third-order valence-corrected chi connectivity index (χ3v) is 3.30. The Morgan fingerprint density at radius 1 is 1.50 bits per heavy atom. The van der Waals surface area contributed by atoms with Gasteiger partial charge in [-0.25, -0.2) is 0 Å². The Bertz CT molecular complexity index is 209. The average molecular weight is 198 g/mol. The van der Waals surface area contributed by atoms with Gasteiger partial charge in [0, 0.05) is 20.6 Å². The molecule has 1 amide bonds. The van der Waals surface area contributed by atoms with Crippen LogP contribution in [0.25, 0.3) is 0 Å². The molecule has 0 bridgehead atoms.